The van der Waals surface area contributed by atoms with Crippen LogP contribution in [0.5, 0.6) is 5.75 Å². The van der Waals surface area contributed by atoms with E-state index in [1.807, 2.05) is 24.3 Å². The van der Waals surface area contributed by atoms with Gasteiger partial charge in [-0.2, -0.15) is 0 Å². The first-order valence-corrected chi connectivity index (χ1v) is 11.5. The van der Waals surface area contributed by atoms with Crippen molar-refractivity contribution in [2.45, 2.75) is 31.2 Å². The summed E-state index contributed by atoms with van der Waals surface area (Å²) in [4.78, 5) is 16.4. The van der Waals surface area contributed by atoms with E-state index in [2.05, 4.69) is 21.9 Å². The van der Waals surface area contributed by atoms with Crippen molar-refractivity contribution in [3.05, 3.63) is 84.2 Å². The Morgan fingerprint density at radius 2 is 1.77 bits per heavy atom. The lowest BCUT2D eigenvalue weighted by atomic mass is 10.2. The summed E-state index contributed by atoms with van der Waals surface area (Å²) in [6.45, 7) is 3.11. The monoisotopic (exact) mass is 439 g/mol. The van der Waals surface area contributed by atoms with Crippen LogP contribution in [-0.4, -0.2) is 25.9 Å². The second-order valence-electron chi connectivity index (χ2n) is 6.90. The highest BCUT2D eigenvalue weighted by atomic mass is 32.2. The van der Waals surface area contributed by atoms with Crippen molar-refractivity contribution in [3.63, 3.8) is 0 Å². The van der Waals surface area contributed by atoms with Crippen LogP contribution in [0.15, 0.2) is 78.0 Å². The number of anilines is 1. The summed E-state index contributed by atoms with van der Waals surface area (Å²) in [6.07, 6.45) is 5.05. The van der Waals surface area contributed by atoms with Crippen molar-refractivity contribution in [2.24, 2.45) is 0 Å². The molecule has 7 nitrogen and oxygen atoms in total. The minimum Gasteiger partial charge on any atom is -0.494 e. The first kappa shape index (κ1) is 22.3. The van der Waals surface area contributed by atoms with Crippen LogP contribution in [0, 0.1) is 0 Å². The van der Waals surface area contributed by atoms with Crippen molar-refractivity contribution < 1.29 is 17.9 Å². The maximum Gasteiger partial charge on any atom is 0.261 e. The molecule has 0 saturated carbocycles. The average molecular weight is 440 g/mol. The van der Waals surface area contributed by atoms with Gasteiger partial charge in [0.2, 0.25) is 0 Å². The Labute approximate surface area is 182 Å². The lowest BCUT2D eigenvalue weighted by Gasteiger charge is -2.10. The zero-order chi connectivity index (χ0) is 22.1. The number of amides is 1. The zero-order valence-electron chi connectivity index (χ0n) is 17.2. The number of sulfonamides is 1. The van der Waals surface area contributed by atoms with E-state index in [0.717, 1.165) is 24.2 Å². The summed E-state index contributed by atoms with van der Waals surface area (Å²) >= 11 is 0. The lowest BCUT2D eigenvalue weighted by molar-refractivity contribution is 0.0950. The number of aromatic nitrogens is 1. The third-order valence-corrected chi connectivity index (χ3v) is 5.87. The molecule has 1 heterocycles. The number of hydrogen-bond donors (Lipinski definition) is 2. The number of carbonyl (C=O) groups is 1. The number of hydrogen-bond acceptors (Lipinski definition) is 5. The molecule has 0 aliphatic carbocycles. The number of pyridine rings is 1. The number of rotatable bonds is 10. The van der Waals surface area contributed by atoms with Gasteiger partial charge in [-0.1, -0.05) is 25.5 Å². The highest BCUT2D eigenvalue weighted by Crippen LogP contribution is 2.17. The Morgan fingerprint density at radius 3 is 2.48 bits per heavy atom. The minimum absolute atomic E-state index is 0.0674. The van der Waals surface area contributed by atoms with Crippen LogP contribution in [0.1, 0.15) is 35.7 Å². The second-order valence-corrected chi connectivity index (χ2v) is 8.58. The van der Waals surface area contributed by atoms with E-state index in [1.165, 1.54) is 36.7 Å². The number of ether oxygens (including phenoxy) is 1. The SMILES string of the molecule is CCCCOc1cccc(CNC(=O)c2ccc(S(=O)(=O)Nc3ccncc3)cc2)c1. The van der Waals surface area contributed by atoms with Crippen molar-refractivity contribution in [2.75, 3.05) is 11.3 Å². The molecule has 0 unspecified atom stereocenters. The van der Waals surface area contributed by atoms with Crippen molar-refractivity contribution in [3.8, 4) is 5.75 Å². The van der Waals surface area contributed by atoms with Gasteiger partial charge in [0, 0.05) is 24.5 Å². The van der Waals surface area contributed by atoms with E-state index in [4.69, 9.17) is 4.74 Å². The van der Waals surface area contributed by atoms with Crippen molar-refractivity contribution in [1.29, 1.82) is 0 Å². The van der Waals surface area contributed by atoms with Gasteiger partial charge in [0.25, 0.3) is 15.9 Å². The first-order valence-electron chi connectivity index (χ1n) is 10.0. The number of carbonyl (C=O) groups excluding carboxylic acids is 1. The van der Waals surface area contributed by atoms with Crippen LogP contribution in [0.3, 0.4) is 0 Å². The maximum atomic E-state index is 12.5. The highest BCUT2D eigenvalue weighted by Gasteiger charge is 2.15. The van der Waals surface area contributed by atoms with E-state index in [1.54, 1.807) is 12.1 Å². The van der Waals surface area contributed by atoms with Crippen LogP contribution in [0.4, 0.5) is 5.69 Å². The Hall–Kier alpha value is -3.39. The molecule has 162 valence electrons. The molecule has 31 heavy (non-hydrogen) atoms. The van der Waals surface area contributed by atoms with Crippen LogP contribution in [0.2, 0.25) is 0 Å². The fourth-order valence-electron chi connectivity index (χ4n) is 2.78. The van der Waals surface area contributed by atoms with Gasteiger partial charge in [-0.25, -0.2) is 8.42 Å². The van der Waals surface area contributed by atoms with Crippen molar-refractivity contribution >= 4 is 21.6 Å². The molecule has 0 bridgehead atoms. The van der Waals surface area contributed by atoms with Gasteiger partial charge >= 0.3 is 0 Å². The largest absolute Gasteiger partial charge is 0.494 e. The van der Waals surface area contributed by atoms with Gasteiger partial charge in [0.15, 0.2) is 0 Å². The quantitative estimate of drug-likeness (QED) is 0.466. The normalized spacial score (nSPS) is 11.0. The van der Waals surface area contributed by atoms with Gasteiger partial charge in [0.05, 0.1) is 17.2 Å². The summed E-state index contributed by atoms with van der Waals surface area (Å²) in [7, 11) is -3.75. The second kappa shape index (κ2) is 10.6. The molecule has 0 spiro atoms. The van der Waals surface area contributed by atoms with Crippen LogP contribution >= 0.6 is 0 Å². The third kappa shape index (κ3) is 6.55. The fourth-order valence-corrected chi connectivity index (χ4v) is 3.84. The molecule has 2 N–H and O–H groups in total. The number of unbranched alkanes of at least 4 members (excludes halogenated alkanes) is 1. The van der Waals surface area contributed by atoms with Gasteiger partial charge < -0.3 is 10.1 Å². The van der Waals surface area contributed by atoms with E-state index >= 15 is 0 Å². The molecule has 3 rings (SSSR count). The number of benzene rings is 2. The zero-order valence-corrected chi connectivity index (χ0v) is 18.1. The van der Waals surface area contributed by atoms with E-state index in [0.29, 0.717) is 24.4 Å². The minimum atomic E-state index is -3.75. The molecule has 0 saturated heterocycles. The molecule has 1 amide bonds. The Balaban J connectivity index is 1.59. The summed E-state index contributed by atoms with van der Waals surface area (Å²) in [6, 6.07) is 16.5. The maximum absolute atomic E-state index is 12.5. The standard InChI is InChI=1S/C23H25N3O4S/c1-2-3-15-30-21-6-4-5-18(16-21)17-25-23(27)19-7-9-22(10-8-19)31(28,29)26-20-11-13-24-14-12-20/h4-14,16H,2-3,15,17H2,1H3,(H,24,26)(H,25,27). The molecule has 0 aliphatic rings. The predicted molar refractivity (Wildman–Crippen MR) is 120 cm³/mol. The summed E-state index contributed by atoms with van der Waals surface area (Å²) < 4.78 is 33.1. The predicted octanol–water partition coefficient (Wildman–Crippen LogP) is 3.99. The summed E-state index contributed by atoms with van der Waals surface area (Å²) in [5.41, 5.74) is 1.71. The molecular weight excluding hydrogens is 414 g/mol. The van der Waals surface area contributed by atoms with Gasteiger partial charge in [-0.05, 0) is 60.5 Å². The van der Waals surface area contributed by atoms with Crippen LogP contribution in [0.25, 0.3) is 0 Å². The smallest absolute Gasteiger partial charge is 0.261 e. The molecule has 1 aromatic heterocycles. The molecular formula is C23H25N3O4S. The van der Waals surface area contributed by atoms with E-state index in [-0.39, 0.29) is 10.8 Å². The van der Waals surface area contributed by atoms with Gasteiger partial charge in [0.1, 0.15) is 5.75 Å². The Bertz CT molecular complexity index is 1100. The van der Waals surface area contributed by atoms with Crippen LogP contribution in [-0.2, 0) is 16.6 Å². The van der Waals surface area contributed by atoms with Gasteiger partial charge in [-0.15, -0.1) is 0 Å². The molecule has 8 heteroatoms. The van der Waals surface area contributed by atoms with Crippen LogP contribution < -0.4 is 14.8 Å². The molecule has 0 radical (unpaired) electrons. The highest BCUT2D eigenvalue weighted by molar-refractivity contribution is 7.92. The third-order valence-electron chi connectivity index (χ3n) is 4.48. The number of nitrogens with one attached hydrogen (secondary N) is 2. The Kier molecular flexibility index (Phi) is 7.61. The molecule has 3 aromatic rings. The molecule has 0 atom stereocenters. The lowest BCUT2D eigenvalue weighted by Crippen LogP contribution is -2.23. The van der Waals surface area contributed by atoms with E-state index in [9.17, 15) is 13.2 Å². The molecule has 0 aliphatic heterocycles. The fraction of sp³-hybridized carbons (Fsp3) is 0.217. The Morgan fingerprint density at radius 1 is 1.03 bits per heavy atom. The summed E-state index contributed by atoms with van der Waals surface area (Å²) in [5, 5.41) is 2.84. The summed E-state index contributed by atoms with van der Waals surface area (Å²) in [5.74, 6) is 0.486. The van der Waals surface area contributed by atoms with E-state index < -0.39 is 10.0 Å². The topological polar surface area (TPSA) is 97.4 Å². The number of nitrogens with zero attached hydrogens (tertiary/aromatic N) is 1. The first-order chi connectivity index (χ1) is 15.0. The molecule has 2 aromatic carbocycles. The van der Waals surface area contributed by atoms with Gasteiger partial charge in [-0.3, -0.25) is 14.5 Å². The molecule has 0 fully saturated rings. The average Bonchev–Trinajstić information content (AvgIpc) is 2.78. The van der Waals surface area contributed by atoms with Crippen molar-refractivity contribution in [1.82, 2.24) is 10.3 Å².